The first-order valence-corrected chi connectivity index (χ1v) is 9.08. The van der Waals surface area contributed by atoms with Crippen LogP contribution in [0.5, 0.6) is 5.75 Å². The second-order valence-corrected chi connectivity index (χ2v) is 6.15. The summed E-state index contributed by atoms with van der Waals surface area (Å²) in [6.45, 7) is 5.02. The summed E-state index contributed by atoms with van der Waals surface area (Å²) in [5.74, 6) is 0.0556. The first-order valence-electron chi connectivity index (χ1n) is 9.08. The van der Waals surface area contributed by atoms with Gasteiger partial charge in [-0.1, -0.05) is 32.3 Å². The Balaban J connectivity index is 2.04. The van der Waals surface area contributed by atoms with Gasteiger partial charge in [-0.25, -0.2) is 0 Å². The zero-order valence-electron chi connectivity index (χ0n) is 14.8. The third-order valence-electron chi connectivity index (χ3n) is 4.03. The number of benzene rings is 1. The molecule has 1 atom stereocenters. The number of nitrogens with one attached hydrogen (secondary N) is 1. The van der Waals surface area contributed by atoms with Gasteiger partial charge in [-0.05, 0) is 43.5 Å². The fraction of sp³-hybridized carbons (Fsp3) is 0.684. The van der Waals surface area contributed by atoms with Crippen LogP contribution in [-0.2, 0) is 11.3 Å². The van der Waals surface area contributed by atoms with E-state index in [-0.39, 0.29) is 12.4 Å². The van der Waals surface area contributed by atoms with E-state index in [9.17, 15) is 10.2 Å². The molecule has 5 nitrogen and oxygen atoms in total. The van der Waals surface area contributed by atoms with E-state index in [0.29, 0.717) is 17.7 Å². The van der Waals surface area contributed by atoms with Crippen molar-refractivity contribution < 1.29 is 20.1 Å². The highest BCUT2D eigenvalue weighted by Gasteiger charge is 2.09. The van der Waals surface area contributed by atoms with Crippen molar-refractivity contribution in [2.75, 3.05) is 26.3 Å². The van der Waals surface area contributed by atoms with Gasteiger partial charge in [0.1, 0.15) is 5.75 Å². The van der Waals surface area contributed by atoms with Crippen LogP contribution in [0.1, 0.15) is 62.7 Å². The maximum absolute atomic E-state index is 10.1. The van der Waals surface area contributed by atoms with Crippen molar-refractivity contribution in [2.45, 2.75) is 58.2 Å². The van der Waals surface area contributed by atoms with Crippen LogP contribution in [0.25, 0.3) is 0 Å². The van der Waals surface area contributed by atoms with Gasteiger partial charge in [-0.15, -0.1) is 0 Å². The van der Waals surface area contributed by atoms with E-state index in [2.05, 4.69) is 12.2 Å². The molecule has 0 aliphatic rings. The van der Waals surface area contributed by atoms with Crippen molar-refractivity contribution in [3.63, 3.8) is 0 Å². The highest BCUT2D eigenvalue weighted by Crippen LogP contribution is 2.22. The largest absolute Gasteiger partial charge is 0.508 e. The first-order chi connectivity index (χ1) is 11.7. The van der Waals surface area contributed by atoms with E-state index in [4.69, 9.17) is 9.84 Å². The molecule has 24 heavy (non-hydrogen) atoms. The topological polar surface area (TPSA) is 82.0 Å². The fourth-order valence-corrected chi connectivity index (χ4v) is 2.45. The molecule has 0 fully saturated rings. The molecule has 4 N–H and O–H groups in total. The monoisotopic (exact) mass is 339 g/mol. The number of rotatable bonds is 14. The van der Waals surface area contributed by atoms with Crippen LogP contribution in [0.15, 0.2) is 18.2 Å². The van der Waals surface area contributed by atoms with Crippen LogP contribution in [0, 0.1) is 0 Å². The average molecular weight is 339 g/mol. The molecule has 0 aliphatic carbocycles. The van der Waals surface area contributed by atoms with Gasteiger partial charge in [0.15, 0.2) is 0 Å². The third-order valence-corrected chi connectivity index (χ3v) is 4.03. The molecule has 0 aliphatic heterocycles. The molecule has 0 aromatic heterocycles. The predicted molar refractivity (Wildman–Crippen MR) is 96.1 cm³/mol. The molecule has 0 radical (unpaired) electrons. The summed E-state index contributed by atoms with van der Waals surface area (Å²) in [6.07, 6.45) is 6.23. The molecule has 0 amide bonds. The fourth-order valence-electron chi connectivity index (χ4n) is 2.45. The van der Waals surface area contributed by atoms with Crippen LogP contribution in [0.3, 0.4) is 0 Å². The smallest absolute Gasteiger partial charge is 0.121 e. The van der Waals surface area contributed by atoms with Crippen LogP contribution < -0.4 is 5.32 Å². The zero-order chi connectivity index (χ0) is 17.6. The van der Waals surface area contributed by atoms with Gasteiger partial charge < -0.3 is 25.4 Å². The summed E-state index contributed by atoms with van der Waals surface area (Å²) in [5, 5.41) is 32.0. The van der Waals surface area contributed by atoms with E-state index in [1.165, 1.54) is 18.9 Å². The number of ether oxygens (including phenoxy) is 1. The van der Waals surface area contributed by atoms with E-state index in [1.807, 2.05) is 0 Å². The Kier molecular flexibility index (Phi) is 11.5. The highest BCUT2D eigenvalue weighted by molar-refractivity contribution is 5.36. The zero-order valence-corrected chi connectivity index (χ0v) is 14.8. The normalized spacial score (nSPS) is 12.5. The standard InChI is InChI=1S/C19H33NO4/c1-2-3-11-24-12-7-5-4-6-10-20-14-19(23)16-8-9-18(22)17(13-16)15-21/h8-9,13,19-23H,2-7,10-12,14-15H2,1H3/t19-/m1/s1. The summed E-state index contributed by atoms with van der Waals surface area (Å²) in [6, 6.07) is 4.83. The molecule has 0 spiro atoms. The Hall–Kier alpha value is -1.14. The summed E-state index contributed by atoms with van der Waals surface area (Å²) in [7, 11) is 0. The Bertz CT molecular complexity index is 439. The quantitative estimate of drug-likeness (QED) is 0.392. The van der Waals surface area contributed by atoms with Crippen molar-refractivity contribution in [3.8, 4) is 5.75 Å². The minimum Gasteiger partial charge on any atom is -0.508 e. The van der Waals surface area contributed by atoms with Crippen LogP contribution in [-0.4, -0.2) is 41.6 Å². The van der Waals surface area contributed by atoms with Crippen molar-refractivity contribution >= 4 is 0 Å². The maximum atomic E-state index is 10.1. The van der Waals surface area contributed by atoms with Crippen molar-refractivity contribution in [1.29, 1.82) is 0 Å². The number of hydrogen-bond donors (Lipinski definition) is 4. The SMILES string of the molecule is CCCCOCCCCCCNC[C@@H](O)c1ccc(O)c(CO)c1. The second kappa shape index (κ2) is 13.2. The van der Waals surface area contributed by atoms with Crippen molar-refractivity contribution in [3.05, 3.63) is 29.3 Å². The minimum atomic E-state index is -0.636. The molecule has 1 rings (SSSR count). The minimum absolute atomic E-state index is 0.0556. The van der Waals surface area contributed by atoms with E-state index < -0.39 is 6.10 Å². The van der Waals surface area contributed by atoms with Crippen molar-refractivity contribution in [2.24, 2.45) is 0 Å². The summed E-state index contributed by atoms with van der Waals surface area (Å²) >= 11 is 0. The third kappa shape index (κ3) is 8.64. The van der Waals surface area contributed by atoms with E-state index >= 15 is 0 Å². The maximum Gasteiger partial charge on any atom is 0.121 e. The average Bonchev–Trinajstić information content (AvgIpc) is 2.59. The number of aliphatic hydroxyl groups is 2. The number of aromatic hydroxyl groups is 1. The highest BCUT2D eigenvalue weighted by atomic mass is 16.5. The van der Waals surface area contributed by atoms with Gasteiger partial charge in [-0.3, -0.25) is 0 Å². The lowest BCUT2D eigenvalue weighted by Crippen LogP contribution is -2.22. The predicted octanol–water partition coefficient (Wildman–Crippen LogP) is 2.88. The Morgan fingerprint density at radius 3 is 2.58 bits per heavy atom. The van der Waals surface area contributed by atoms with E-state index in [1.54, 1.807) is 12.1 Å². The number of aliphatic hydroxyl groups excluding tert-OH is 2. The van der Waals surface area contributed by atoms with Crippen LogP contribution >= 0.6 is 0 Å². The van der Waals surface area contributed by atoms with Crippen molar-refractivity contribution in [1.82, 2.24) is 5.32 Å². The Morgan fingerprint density at radius 2 is 1.83 bits per heavy atom. The Morgan fingerprint density at radius 1 is 1.08 bits per heavy atom. The van der Waals surface area contributed by atoms with Crippen LogP contribution in [0.2, 0.25) is 0 Å². The van der Waals surface area contributed by atoms with Gasteiger partial charge in [0.05, 0.1) is 12.7 Å². The van der Waals surface area contributed by atoms with E-state index in [0.717, 1.165) is 45.4 Å². The summed E-state index contributed by atoms with van der Waals surface area (Å²) in [4.78, 5) is 0. The van der Waals surface area contributed by atoms with Gasteiger partial charge in [0.25, 0.3) is 0 Å². The lowest BCUT2D eigenvalue weighted by Gasteiger charge is -2.14. The molecule has 0 saturated heterocycles. The lowest BCUT2D eigenvalue weighted by atomic mass is 10.1. The first kappa shape index (κ1) is 20.9. The molecular formula is C19H33NO4. The molecule has 0 bridgehead atoms. The summed E-state index contributed by atoms with van der Waals surface area (Å²) < 4.78 is 5.53. The molecule has 5 heteroatoms. The Labute approximate surface area is 145 Å². The summed E-state index contributed by atoms with van der Waals surface area (Å²) in [5.41, 5.74) is 1.14. The second-order valence-electron chi connectivity index (χ2n) is 6.15. The molecule has 0 unspecified atom stereocenters. The van der Waals surface area contributed by atoms with Gasteiger partial charge >= 0.3 is 0 Å². The molecule has 0 saturated carbocycles. The van der Waals surface area contributed by atoms with Crippen LogP contribution in [0.4, 0.5) is 0 Å². The number of unbranched alkanes of at least 4 members (excludes halogenated alkanes) is 4. The molecule has 1 aromatic rings. The van der Waals surface area contributed by atoms with Gasteiger partial charge in [-0.2, -0.15) is 0 Å². The molecule has 138 valence electrons. The number of phenols is 1. The molecule has 1 aromatic carbocycles. The lowest BCUT2D eigenvalue weighted by molar-refractivity contribution is 0.127. The van der Waals surface area contributed by atoms with Gasteiger partial charge in [0, 0.05) is 25.3 Å². The molecule has 0 heterocycles. The molecular weight excluding hydrogens is 306 g/mol. The number of hydrogen-bond acceptors (Lipinski definition) is 5. The van der Waals surface area contributed by atoms with Gasteiger partial charge in [0.2, 0.25) is 0 Å².